The van der Waals surface area contributed by atoms with Gasteiger partial charge in [-0.3, -0.25) is 9.58 Å². The Kier molecular flexibility index (Phi) is 7.22. The monoisotopic (exact) mass is 513 g/mol. The summed E-state index contributed by atoms with van der Waals surface area (Å²) in [7, 11) is 2.02. The molecule has 2 aliphatic rings. The Labute approximate surface area is 223 Å². The van der Waals surface area contributed by atoms with Gasteiger partial charge in [-0.2, -0.15) is 10.1 Å². The zero-order valence-corrected chi connectivity index (χ0v) is 22.2. The molecule has 0 radical (unpaired) electrons. The average molecular weight is 514 g/mol. The molecule has 0 atom stereocenters. The molecule has 9 heteroatoms. The molecule has 1 N–H and O–H groups in total. The minimum Gasteiger partial charge on any atom is -0.379 e. The van der Waals surface area contributed by atoms with Gasteiger partial charge in [0.2, 0.25) is 5.95 Å². The van der Waals surface area contributed by atoms with Crippen molar-refractivity contribution in [3.63, 3.8) is 0 Å². The lowest BCUT2D eigenvalue weighted by atomic mass is 10.1. The molecular weight excluding hydrogens is 478 g/mol. The maximum Gasteiger partial charge on any atom is 0.228 e. The first-order valence-electron chi connectivity index (χ1n) is 13.4. The van der Waals surface area contributed by atoms with Crippen LogP contribution in [0.4, 0.5) is 17.5 Å². The van der Waals surface area contributed by atoms with Crippen LogP contribution in [0.5, 0.6) is 0 Å². The van der Waals surface area contributed by atoms with E-state index in [1.807, 2.05) is 17.8 Å². The van der Waals surface area contributed by atoms with E-state index in [0.717, 1.165) is 92.3 Å². The fourth-order valence-corrected chi connectivity index (χ4v) is 5.10. The second-order valence-corrected chi connectivity index (χ2v) is 10.0. The summed E-state index contributed by atoms with van der Waals surface area (Å²) in [6.07, 6.45) is 0.927. The van der Waals surface area contributed by atoms with Crippen LogP contribution >= 0.6 is 0 Å². The van der Waals surface area contributed by atoms with E-state index in [4.69, 9.17) is 24.5 Å². The van der Waals surface area contributed by atoms with Gasteiger partial charge in [-0.25, -0.2) is 4.98 Å². The van der Waals surface area contributed by atoms with Gasteiger partial charge >= 0.3 is 0 Å². The normalized spacial score (nSPS) is 16.7. The summed E-state index contributed by atoms with van der Waals surface area (Å²) in [4.78, 5) is 14.5. The zero-order valence-electron chi connectivity index (χ0n) is 22.2. The van der Waals surface area contributed by atoms with Crippen LogP contribution in [-0.2, 0) is 22.9 Å². The molecule has 6 rings (SSSR count). The largest absolute Gasteiger partial charge is 0.379 e. The molecule has 38 heavy (non-hydrogen) atoms. The first-order chi connectivity index (χ1) is 18.6. The van der Waals surface area contributed by atoms with Crippen molar-refractivity contribution in [3.05, 3.63) is 59.8 Å². The van der Waals surface area contributed by atoms with Crippen molar-refractivity contribution in [2.24, 2.45) is 7.05 Å². The third-order valence-electron chi connectivity index (χ3n) is 7.32. The molecular formula is C29H35N7O2. The Morgan fingerprint density at radius 3 is 2.37 bits per heavy atom. The van der Waals surface area contributed by atoms with Crippen molar-refractivity contribution < 1.29 is 9.47 Å². The summed E-state index contributed by atoms with van der Waals surface area (Å²) in [6.45, 7) is 9.63. The molecule has 198 valence electrons. The van der Waals surface area contributed by atoms with E-state index in [0.29, 0.717) is 13.2 Å². The second-order valence-electron chi connectivity index (χ2n) is 10.0. The first-order valence-corrected chi connectivity index (χ1v) is 13.4. The fraction of sp³-hybridized carbons (Fsp3) is 0.414. The molecule has 0 saturated carbocycles. The van der Waals surface area contributed by atoms with Gasteiger partial charge in [0.05, 0.1) is 43.3 Å². The van der Waals surface area contributed by atoms with E-state index in [2.05, 4.69) is 64.5 Å². The molecule has 2 saturated heterocycles. The van der Waals surface area contributed by atoms with E-state index < -0.39 is 0 Å². The van der Waals surface area contributed by atoms with Crippen LogP contribution in [0, 0.1) is 6.92 Å². The minimum absolute atomic E-state index is 0.683. The maximum absolute atomic E-state index is 5.56. The molecule has 0 amide bonds. The molecule has 0 aliphatic carbocycles. The topological polar surface area (TPSA) is 80.6 Å². The van der Waals surface area contributed by atoms with Gasteiger partial charge < -0.3 is 19.7 Å². The third kappa shape index (κ3) is 5.50. The Morgan fingerprint density at radius 1 is 0.868 bits per heavy atom. The van der Waals surface area contributed by atoms with E-state index in [9.17, 15) is 0 Å². The lowest BCUT2D eigenvalue weighted by molar-refractivity contribution is 0.0383. The van der Waals surface area contributed by atoms with Gasteiger partial charge in [-0.1, -0.05) is 29.8 Å². The van der Waals surface area contributed by atoms with Gasteiger partial charge in [-0.15, -0.1) is 0 Å². The van der Waals surface area contributed by atoms with Crippen molar-refractivity contribution in [2.75, 3.05) is 69.4 Å². The van der Waals surface area contributed by atoms with E-state index in [1.165, 1.54) is 10.9 Å². The predicted molar refractivity (Wildman–Crippen MR) is 150 cm³/mol. The molecule has 9 nitrogen and oxygen atoms in total. The number of nitrogens with one attached hydrogen (secondary N) is 1. The number of fused-ring (bicyclic) bond motifs is 1. The highest BCUT2D eigenvalue weighted by molar-refractivity contribution is 5.86. The van der Waals surface area contributed by atoms with Gasteiger partial charge in [0.1, 0.15) is 5.82 Å². The Morgan fingerprint density at radius 2 is 1.61 bits per heavy atom. The van der Waals surface area contributed by atoms with E-state index in [-0.39, 0.29) is 0 Å². The number of aryl methyl sites for hydroxylation is 2. The molecule has 4 heterocycles. The summed E-state index contributed by atoms with van der Waals surface area (Å²) >= 11 is 0. The van der Waals surface area contributed by atoms with Crippen molar-refractivity contribution in [2.45, 2.75) is 13.3 Å². The molecule has 0 bridgehead atoms. The van der Waals surface area contributed by atoms with Crippen molar-refractivity contribution >= 4 is 28.4 Å². The van der Waals surface area contributed by atoms with Crippen LogP contribution in [0.1, 0.15) is 11.3 Å². The molecule has 2 aliphatic heterocycles. The maximum atomic E-state index is 5.56. The Balaban J connectivity index is 1.31. The molecule has 2 fully saturated rings. The molecule has 4 aromatic rings. The van der Waals surface area contributed by atoms with Gasteiger partial charge in [0, 0.05) is 68.9 Å². The summed E-state index contributed by atoms with van der Waals surface area (Å²) in [5, 5.41) is 9.55. The quantitative estimate of drug-likeness (QED) is 0.400. The van der Waals surface area contributed by atoms with Crippen molar-refractivity contribution in [1.29, 1.82) is 0 Å². The van der Waals surface area contributed by atoms with Crippen LogP contribution < -0.4 is 10.2 Å². The number of nitrogens with zero attached hydrogens (tertiary/aromatic N) is 6. The number of benzene rings is 2. The number of hydrogen-bond donors (Lipinski definition) is 1. The molecule has 0 spiro atoms. The van der Waals surface area contributed by atoms with Gasteiger partial charge in [0.25, 0.3) is 0 Å². The number of hydrogen-bond acceptors (Lipinski definition) is 8. The van der Waals surface area contributed by atoms with Crippen molar-refractivity contribution in [3.8, 4) is 11.3 Å². The minimum atomic E-state index is 0.683. The number of aromatic nitrogens is 4. The number of ether oxygens (including phenoxy) is 2. The highest BCUT2D eigenvalue weighted by Crippen LogP contribution is 2.29. The number of morpholine rings is 2. The van der Waals surface area contributed by atoms with Crippen LogP contribution in [-0.4, -0.2) is 83.8 Å². The summed E-state index contributed by atoms with van der Waals surface area (Å²) in [5.74, 6) is 1.49. The van der Waals surface area contributed by atoms with Gasteiger partial charge in [-0.05, 0) is 25.1 Å². The average Bonchev–Trinajstić information content (AvgIpc) is 3.28. The molecule has 2 aromatic heterocycles. The second kappa shape index (κ2) is 11.1. The summed E-state index contributed by atoms with van der Waals surface area (Å²) in [5.41, 5.74) is 6.40. The van der Waals surface area contributed by atoms with Crippen LogP contribution in [0.15, 0.2) is 48.5 Å². The van der Waals surface area contributed by atoms with Crippen LogP contribution in [0.25, 0.3) is 22.2 Å². The third-order valence-corrected chi connectivity index (χ3v) is 7.32. The smallest absolute Gasteiger partial charge is 0.228 e. The Hall–Kier alpha value is -3.53. The fourth-order valence-electron chi connectivity index (χ4n) is 5.10. The molecule has 0 unspecified atom stereocenters. The lowest BCUT2D eigenvalue weighted by Gasteiger charge is -2.27. The lowest BCUT2D eigenvalue weighted by Crippen LogP contribution is -2.37. The highest BCUT2D eigenvalue weighted by Gasteiger charge is 2.18. The molecule has 2 aromatic carbocycles. The van der Waals surface area contributed by atoms with Gasteiger partial charge in [0.15, 0.2) is 0 Å². The standard InChI is InChI=1S/C29H35N7O2/c1-21-3-6-23(7-4-21)30-28-20-26(31-29(32-28)36-13-17-38-18-14-36)22-5-8-24-25(33-34(2)27(24)19-22)9-10-35-11-15-37-16-12-35/h3-8,19-20H,9-18H2,1-2H3,(H,30,31,32). The van der Waals surface area contributed by atoms with E-state index in [1.54, 1.807) is 0 Å². The first kappa shape index (κ1) is 24.8. The van der Waals surface area contributed by atoms with E-state index >= 15 is 0 Å². The SMILES string of the molecule is Cc1ccc(Nc2cc(-c3ccc4c(CCN5CCOCC5)nn(C)c4c3)nc(N3CCOCC3)n2)cc1. The summed E-state index contributed by atoms with van der Waals surface area (Å²) in [6, 6.07) is 16.9. The predicted octanol–water partition coefficient (Wildman–Crippen LogP) is 3.79. The number of anilines is 3. The highest BCUT2D eigenvalue weighted by atomic mass is 16.5. The Bertz CT molecular complexity index is 1390. The van der Waals surface area contributed by atoms with Crippen LogP contribution in [0.3, 0.4) is 0 Å². The van der Waals surface area contributed by atoms with Crippen molar-refractivity contribution in [1.82, 2.24) is 24.6 Å². The van der Waals surface area contributed by atoms with Crippen LogP contribution in [0.2, 0.25) is 0 Å². The summed E-state index contributed by atoms with van der Waals surface area (Å²) < 4.78 is 13.0. The zero-order chi connectivity index (χ0) is 25.9. The number of rotatable bonds is 7.